The smallest absolute Gasteiger partial charge is 0.368 e. The van der Waals surface area contributed by atoms with E-state index in [9.17, 15) is 18.0 Å². The van der Waals surface area contributed by atoms with Crippen LogP contribution in [0.1, 0.15) is 27.3 Å². The number of fused-ring (bicyclic) bond motifs is 4. The fourth-order valence-electron chi connectivity index (χ4n) is 5.13. The molecule has 0 atom stereocenters. The van der Waals surface area contributed by atoms with Crippen molar-refractivity contribution >= 4 is 28.8 Å². The van der Waals surface area contributed by atoms with E-state index in [0.29, 0.717) is 42.7 Å². The predicted octanol–water partition coefficient (Wildman–Crippen LogP) is 5.13. The Labute approximate surface area is 209 Å². The largest absolute Gasteiger partial charge is 0.433 e. The van der Waals surface area contributed by atoms with Gasteiger partial charge < -0.3 is 9.80 Å². The molecule has 6 rings (SSSR count). The van der Waals surface area contributed by atoms with E-state index in [1.165, 1.54) is 0 Å². The average Bonchev–Trinajstić information content (AvgIpc) is 3.22. The molecule has 0 radical (unpaired) electrons. The van der Waals surface area contributed by atoms with Gasteiger partial charge in [-0.3, -0.25) is 4.79 Å². The Morgan fingerprint density at radius 3 is 2.33 bits per heavy atom. The number of hydrogen-bond donors (Lipinski definition) is 0. The minimum Gasteiger partial charge on any atom is -0.368 e. The topological polar surface area (TPSA) is 53.7 Å². The summed E-state index contributed by atoms with van der Waals surface area (Å²) >= 11 is 6.52. The third-order valence-electron chi connectivity index (χ3n) is 6.88. The highest BCUT2D eigenvalue weighted by Gasteiger charge is 2.41. The highest BCUT2D eigenvalue weighted by atomic mass is 35.5. The number of carbonyl (C=O) groups is 1. The van der Waals surface area contributed by atoms with E-state index in [1.807, 2.05) is 42.5 Å². The molecule has 184 valence electrons. The molecular weight excluding hydrogens is 491 g/mol. The first-order chi connectivity index (χ1) is 17.3. The van der Waals surface area contributed by atoms with E-state index in [4.69, 9.17) is 11.6 Å². The number of carbonyl (C=O) groups excluding carboxylic acids is 1. The molecule has 6 nitrogen and oxygen atoms in total. The number of rotatable bonds is 2. The maximum Gasteiger partial charge on any atom is 0.433 e. The summed E-state index contributed by atoms with van der Waals surface area (Å²) in [6.07, 6.45) is -4.06. The number of anilines is 1. The zero-order chi connectivity index (χ0) is 25.0. The SMILES string of the molecule is O=C(c1nn2c(C(F)(F)F)c3c(nc2c1Cl)-c1ccccc1CC3)N1CCN(c2ccccc2)CC1. The van der Waals surface area contributed by atoms with Crippen molar-refractivity contribution in [1.82, 2.24) is 19.5 Å². The molecule has 0 N–H and O–H groups in total. The van der Waals surface area contributed by atoms with Gasteiger partial charge in [0.15, 0.2) is 17.0 Å². The van der Waals surface area contributed by atoms with Crippen molar-refractivity contribution in [2.75, 3.05) is 31.1 Å². The number of para-hydroxylation sites is 1. The molecule has 0 spiro atoms. The number of alkyl halides is 3. The van der Waals surface area contributed by atoms with Gasteiger partial charge in [0.2, 0.25) is 0 Å². The van der Waals surface area contributed by atoms with E-state index >= 15 is 0 Å². The van der Waals surface area contributed by atoms with Crippen LogP contribution in [0.5, 0.6) is 0 Å². The number of piperazine rings is 1. The highest BCUT2D eigenvalue weighted by molar-refractivity contribution is 6.36. The monoisotopic (exact) mass is 511 g/mol. The van der Waals surface area contributed by atoms with Crippen LogP contribution in [0.3, 0.4) is 0 Å². The molecule has 0 unspecified atom stereocenters. The zero-order valence-electron chi connectivity index (χ0n) is 19.1. The van der Waals surface area contributed by atoms with Gasteiger partial charge in [-0.05, 0) is 30.5 Å². The third-order valence-corrected chi connectivity index (χ3v) is 7.23. The molecule has 1 saturated heterocycles. The number of aryl methyl sites for hydroxylation is 1. The zero-order valence-corrected chi connectivity index (χ0v) is 19.9. The predicted molar refractivity (Wildman–Crippen MR) is 130 cm³/mol. The minimum absolute atomic E-state index is 0.0725. The molecule has 0 bridgehead atoms. The lowest BCUT2D eigenvalue weighted by molar-refractivity contribution is -0.143. The summed E-state index contributed by atoms with van der Waals surface area (Å²) in [4.78, 5) is 21.6. The molecule has 4 aromatic rings. The maximum absolute atomic E-state index is 14.4. The van der Waals surface area contributed by atoms with Gasteiger partial charge in [0.25, 0.3) is 5.91 Å². The molecule has 1 aliphatic heterocycles. The summed E-state index contributed by atoms with van der Waals surface area (Å²) in [6, 6.07) is 17.1. The van der Waals surface area contributed by atoms with Gasteiger partial charge in [0.1, 0.15) is 5.02 Å². The second kappa shape index (κ2) is 8.51. The van der Waals surface area contributed by atoms with Gasteiger partial charge in [-0.2, -0.15) is 18.3 Å². The molecule has 0 saturated carbocycles. The lowest BCUT2D eigenvalue weighted by Crippen LogP contribution is -2.49. The summed E-state index contributed by atoms with van der Waals surface area (Å²) in [6.45, 7) is 2.00. The molecule has 36 heavy (non-hydrogen) atoms. The molecule has 2 aliphatic rings. The minimum atomic E-state index is -4.70. The van der Waals surface area contributed by atoms with Crippen molar-refractivity contribution in [1.29, 1.82) is 0 Å². The summed E-state index contributed by atoms with van der Waals surface area (Å²) < 4.78 is 43.8. The van der Waals surface area contributed by atoms with E-state index in [0.717, 1.165) is 11.3 Å². The quantitative estimate of drug-likeness (QED) is 0.374. The van der Waals surface area contributed by atoms with Gasteiger partial charge in [-0.1, -0.05) is 54.1 Å². The number of nitrogens with zero attached hydrogens (tertiary/aromatic N) is 5. The van der Waals surface area contributed by atoms with Crippen molar-refractivity contribution in [2.45, 2.75) is 19.0 Å². The normalized spacial score (nSPS) is 15.7. The second-order valence-electron chi connectivity index (χ2n) is 8.96. The Balaban J connectivity index is 1.39. The van der Waals surface area contributed by atoms with Crippen molar-refractivity contribution in [3.8, 4) is 11.3 Å². The van der Waals surface area contributed by atoms with Crippen molar-refractivity contribution in [3.63, 3.8) is 0 Å². The van der Waals surface area contributed by atoms with Crippen LogP contribution in [0.4, 0.5) is 18.9 Å². The lowest BCUT2D eigenvalue weighted by Gasteiger charge is -2.35. The molecule has 1 aliphatic carbocycles. The molecular formula is C26H21ClF3N5O. The van der Waals surface area contributed by atoms with E-state index in [2.05, 4.69) is 15.0 Å². The summed E-state index contributed by atoms with van der Waals surface area (Å²) in [7, 11) is 0. The Kier molecular flexibility index (Phi) is 5.40. The van der Waals surface area contributed by atoms with E-state index < -0.39 is 17.8 Å². The summed E-state index contributed by atoms with van der Waals surface area (Å²) in [5, 5.41) is 3.93. The number of hydrogen-bond acceptors (Lipinski definition) is 4. The molecule has 1 amide bonds. The van der Waals surface area contributed by atoms with Gasteiger partial charge in [-0.25, -0.2) is 9.50 Å². The van der Waals surface area contributed by atoms with Crippen LogP contribution in [0.25, 0.3) is 16.9 Å². The molecule has 2 aromatic heterocycles. The Hall–Kier alpha value is -3.59. The number of aromatic nitrogens is 3. The van der Waals surface area contributed by atoms with E-state index in [1.54, 1.807) is 17.0 Å². The van der Waals surface area contributed by atoms with E-state index in [-0.39, 0.29) is 34.0 Å². The Bertz CT molecular complexity index is 1480. The highest BCUT2D eigenvalue weighted by Crippen LogP contribution is 2.41. The molecule has 10 heteroatoms. The third kappa shape index (κ3) is 3.69. The number of amides is 1. The van der Waals surface area contributed by atoms with Crippen LogP contribution in [0, 0.1) is 0 Å². The number of benzene rings is 2. The molecule has 2 aromatic carbocycles. The Morgan fingerprint density at radius 1 is 0.917 bits per heavy atom. The first kappa shape index (κ1) is 22.8. The summed E-state index contributed by atoms with van der Waals surface area (Å²) in [5.74, 6) is -0.496. The molecule has 1 fully saturated rings. The van der Waals surface area contributed by atoms with Gasteiger partial charge in [0.05, 0.1) is 5.69 Å². The average molecular weight is 512 g/mol. The van der Waals surface area contributed by atoms with Crippen molar-refractivity contribution < 1.29 is 18.0 Å². The number of halogens is 4. The summed E-state index contributed by atoms with van der Waals surface area (Å²) in [5.41, 5.74) is 1.65. The van der Waals surface area contributed by atoms with Crippen LogP contribution >= 0.6 is 11.6 Å². The van der Waals surface area contributed by atoms with Crippen LogP contribution < -0.4 is 4.90 Å². The van der Waals surface area contributed by atoms with Gasteiger partial charge in [0, 0.05) is 43.0 Å². The van der Waals surface area contributed by atoms with Crippen LogP contribution in [-0.2, 0) is 19.0 Å². The fourth-order valence-corrected chi connectivity index (χ4v) is 5.37. The fraction of sp³-hybridized carbons (Fsp3) is 0.269. The van der Waals surface area contributed by atoms with Crippen molar-refractivity contribution in [3.05, 3.63) is 82.1 Å². The Morgan fingerprint density at radius 2 is 1.61 bits per heavy atom. The standard InChI is InChI=1S/C26H21ClF3N5O/c27-20-22(25(36)34-14-12-33(13-15-34)17-7-2-1-3-8-17)32-35-23(26(28,29)30)19-11-10-16-6-4-5-9-18(16)21(19)31-24(20)35/h1-9H,10-15H2. The van der Waals surface area contributed by atoms with Gasteiger partial charge in [-0.15, -0.1) is 0 Å². The lowest BCUT2D eigenvalue weighted by atomic mass is 9.88. The van der Waals surface area contributed by atoms with Gasteiger partial charge >= 0.3 is 6.18 Å². The van der Waals surface area contributed by atoms with Crippen LogP contribution in [0.15, 0.2) is 54.6 Å². The van der Waals surface area contributed by atoms with Crippen molar-refractivity contribution in [2.24, 2.45) is 0 Å². The maximum atomic E-state index is 14.4. The molecule has 3 heterocycles. The van der Waals surface area contributed by atoms with Crippen LogP contribution in [-0.4, -0.2) is 51.6 Å². The first-order valence-corrected chi connectivity index (χ1v) is 12.1. The first-order valence-electron chi connectivity index (χ1n) is 11.7. The van der Waals surface area contributed by atoms with Crippen LogP contribution in [0.2, 0.25) is 5.02 Å². The second-order valence-corrected chi connectivity index (χ2v) is 9.33.